The molecule has 0 aliphatic carbocycles. The summed E-state index contributed by atoms with van der Waals surface area (Å²) in [6.07, 6.45) is 0. The van der Waals surface area contributed by atoms with E-state index >= 15 is 0 Å². The molecule has 30 heavy (non-hydrogen) atoms. The summed E-state index contributed by atoms with van der Waals surface area (Å²) in [4.78, 5) is 29.7. The van der Waals surface area contributed by atoms with Crippen molar-refractivity contribution in [3.05, 3.63) is 80.5 Å². The monoisotopic (exact) mass is 459 g/mol. The van der Waals surface area contributed by atoms with Crippen molar-refractivity contribution in [1.29, 1.82) is 0 Å². The van der Waals surface area contributed by atoms with Crippen LogP contribution in [0.15, 0.2) is 60.0 Å². The summed E-state index contributed by atoms with van der Waals surface area (Å²) < 4.78 is 0. The first-order valence-electron chi connectivity index (χ1n) is 9.45. The number of halogens is 2. The topological polar surface area (TPSA) is 52.7 Å². The van der Waals surface area contributed by atoms with Crippen LogP contribution in [0, 0.1) is 0 Å². The SMILES string of the molecule is O=C(Nc1ccc(N2CCN(C(=O)c3cccs3)CC2)c(Cl)c1)c1cccc(Cl)c1. The Labute approximate surface area is 188 Å². The number of nitrogens with one attached hydrogen (secondary N) is 1. The lowest BCUT2D eigenvalue weighted by Gasteiger charge is -2.36. The molecule has 4 rings (SSSR count). The van der Waals surface area contributed by atoms with Crippen molar-refractivity contribution in [2.75, 3.05) is 36.4 Å². The number of thiophene rings is 1. The molecule has 1 aliphatic rings. The molecule has 1 aliphatic heterocycles. The number of hydrogen-bond donors (Lipinski definition) is 1. The van der Waals surface area contributed by atoms with E-state index in [1.807, 2.05) is 34.5 Å². The molecule has 2 amide bonds. The average molecular weight is 460 g/mol. The first-order chi connectivity index (χ1) is 14.5. The van der Waals surface area contributed by atoms with Crippen LogP contribution in [-0.2, 0) is 0 Å². The summed E-state index contributed by atoms with van der Waals surface area (Å²) in [6.45, 7) is 2.68. The van der Waals surface area contributed by atoms with Crippen molar-refractivity contribution in [2.24, 2.45) is 0 Å². The molecule has 1 N–H and O–H groups in total. The Kier molecular flexibility index (Phi) is 6.27. The van der Waals surface area contributed by atoms with Gasteiger partial charge in [0.2, 0.25) is 0 Å². The van der Waals surface area contributed by atoms with E-state index in [-0.39, 0.29) is 11.8 Å². The van der Waals surface area contributed by atoms with Gasteiger partial charge < -0.3 is 15.1 Å². The molecule has 3 aromatic rings. The highest BCUT2D eigenvalue weighted by atomic mass is 35.5. The normalized spacial score (nSPS) is 13.9. The van der Waals surface area contributed by atoms with E-state index in [1.165, 1.54) is 11.3 Å². The van der Waals surface area contributed by atoms with Crippen molar-refractivity contribution < 1.29 is 9.59 Å². The number of benzene rings is 2. The van der Waals surface area contributed by atoms with Crippen molar-refractivity contribution in [1.82, 2.24) is 4.90 Å². The van der Waals surface area contributed by atoms with Crippen LogP contribution in [0.3, 0.4) is 0 Å². The van der Waals surface area contributed by atoms with Gasteiger partial charge in [0.15, 0.2) is 0 Å². The van der Waals surface area contributed by atoms with E-state index in [0.29, 0.717) is 47.5 Å². The fourth-order valence-corrected chi connectivity index (χ4v) is 4.56. The van der Waals surface area contributed by atoms with E-state index in [4.69, 9.17) is 23.2 Å². The number of amides is 2. The summed E-state index contributed by atoms with van der Waals surface area (Å²) >= 11 is 13.9. The maximum Gasteiger partial charge on any atom is 0.264 e. The Morgan fingerprint density at radius 3 is 2.40 bits per heavy atom. The van der Waals surface area contributed by atoms with Crippen molar-refractivity contribution in [2.45, 2.75) is 0 Å². The zero-order valence-electron chi connectivity index (χ0n) is 16.0. The van der Waals surface area contributed by atoms with E-state index in [1.54, 1.807) is 30.3 Å². The van der Waals surface area contributed by atoms with Crippen LogP contribution >= 0.6 is 34.5 Å². The van der Waals surface area contributed by atoms with Crippen LogP contribution in [0.5, 0.6) is 0 Å². The first-order valence-corrected chi connectivity index (χ1v) is 11.1. The molecule has 0 atom stereocenters. The number of hydrogen-bond acceptors (Lipinski definition) is 4. The van der Waals surface area contributed by atoms with Crippen LogP contribution in [0.1, 0.15) is 20.0 Å². The zero-order valence-corrected chi connectivity index (χ0v) is 18.3. The van der Waals surface area contributed by atoms with E-state index < -0.39 is 0 Å². The van der Waals surface area contributed by atoms with Crippen LogP contribution in [0.25, 0.3) is 0 Å². The van der Waals surface area contributed by atoms with Gasteiger partial charge in [-0.05, 0) is 47.8 Å². The zero-order chi connectivity index (χ0) is 21.1. The minimum atomic E-state index is -0.248. The predicted molar refractivity (Wildman–Crippen MR) is 123 cm³/mol. The third kappa shape index (κ3) is 4.61. The summed E-state index contributed by atoms with van der Waals surface area (Å²) in [7, 11) is 0. The fraction of sp³-hybridized carbons (Fsp3) is 0.182. The summed E-state index contributed by atoms with van der Waals surface area (Å²) in [6, 6.07) is 16.0. The number of piperazine rings is 1. The second-order valence-electron chi connectivity index (χ2n) is 6.89. The molecule has 1 fully saturated rings. The second-order valence-corrected chi connectivity index (χ2v) is 8.68. The molecular weight excluding hydrogens is 441 g/mol. The molecule has 2 aromatic carbocycles. The molecule has 0 bridgehead atoms. The minimum Gasteiger partial charge on any atom is -0.367 e. The van der Waals surface area contributed by atoms with Crippen LogP contribution < -0.4 is 10.2 Å². The van der Waals surface area contributed by atoms with Gasteiger partial charge in [-0.25, -0.2) is 0 Å². The second kappa shape index (κ2) is 9.08. The third-order valence-corrected chi connectivity index (χ3v) is 6.33. The Bertz CT molecular complexity index is 1060. The number of rotatable bonds is 4. The maximum atomic E-state index is 12.5. The van der Waals surface area contributed by atoms with Crippen LogP contribution in [0.2, 0.25) is 10.0 Å². The minimum absolute atomic E-state index is 0.0785. The quantitative estimate of drug-likeness (QED) is 0.577. The molecule has 1 aromatic heterocycles. The standard InChI is InChI=1S/C22H19Cl2N3O2S/c23-16-4-1-3-15(13-16)21(28)25-17-6-7-19(18(24)14-17)26-8-10-27(11-9-26)22(29)20-5-2-12-30-20/h1-7,12-14H,8-11H2,(H,25,28). The lowest BCUT2D eigenvalue weighted by atomic mass is 10.2. The van der Waals surface area contributed by atoms with Crippen molar-refractivity contribution in [3.63, 3.8) is 0 Å². The van der Waals surface area contributed by atoms with E-state index in [0.717, 1.165) is 10.6 Å². The van der Waals surface area contributed by atoms with Gasteiger partial charge in [-0.15, -0.1) is 11.3 Å². The molecule has 0 radical (unpaired) electrons. The summed E-state index contributed by atoms with van der Waals surface area (Å²) in [5.41, 5.74) is 1.98. The van der Waals surface area contributed by atoms with Gasteiger partial charge >= 0.3 is 0 Å². The number of carbonyl (C=O) groups excluding carboxylic acids is 2. The van der Waals surface area contributed by atoms with E-state index in [2.05, 4.69) is 10.2 Å². The van der Waals surface area contributed by atoms with Gasteiger partial charge in [-0.1, -0.05) is 35.3 Å². The Morgan fingerprint density at radius 1 is 0.933 bits per heavy atom. The molecule has 0 unspecified atom stereocenters. The highest BCUT2D eigenvalue weighted by molar-refractivity contribution is 7.12. The van der Waals surface area contributed by atoms with Crippen LogP contribution in [-0.4, -0.2) is 42.9 Å². The highest BCUT2D eigenvalue weighted by Crippen LogP contribution is 2.30. The van der Waals surface area contributed by atoms with Gasteiger partial charge in [0.1, 0.15) is 0 Å². The molecule has 5 nitrogen and oxygen atoms in total. The van der Waals surface area contributed by atoms with Gasteiger partial charge in [0.25, 0.3) is 11.8 Å². The largest absolute Gasteiger partial charge is 0.367 e. The Hall–Kier alpha value is -2.54. The number of anilines is 2. The molecule has 0 saturated carbocycles. The smallest absolute Gasteiger partial charge is 0.264 e. The van der Waals surface area contributed by atoms with Gasteiger partial charge in [-0.3, -0.25) is 9.59 Å². The first kappa shape index (κ1) is 20.7. The molecular formula is C22H19Cl2N3O2S. The highest BCUT2D eigenvalue weighted by Gasteiger charge is 2.24. The van der Waals surface area contributed by atoms with Gasteiger partial charge in [0, 0.05) is 42.5 Å². The van der Waals surface area contributed by atoms with Crippen molar-refractivity contribution >= 4 is 57.7 Å². The maximum absolute atomic E-state index is 12.5. The number of nitrogens with zero attached hydrogens (tertiary/aromatic N) is 2. The molecule has 2 heterocycles. The Balaban J connectivity index is 1.39. The fourth-order valence-electron chi connectivity index (χ4n) is 3.38. The van der Waals surface area contributed by atoms with Crippen molar-refractivity contribution in [3.8, 4) is 0 Å². The lowest BCUT2D eigenvalue weighted by molar-refractivity contribution is 0.0751. The third-order valence-electron chi connectivity index (χ3n) is 4.93. The number of carbonyl (C=O) groups is 2. The molecule has 154 valence electrons. The van der Waals surface area contributed by atoms with Gasteiger partial charge in [0.05, 0.1) is 15.6 Å². The molecule has 0 spiro atoms. The average Bonchev–Trinajstić information content (AvgIpc) is 3.28. The van der Waals surface area contributed by atoms with Crippen LogP contribution in [0.4, 0.5) is 11.4 Å². The molecule has 1 saturated heterocycles. The Morgan fingerprint density at radius 2 is 1.73 bits per heavy atom. The lowest BCUT2D eigenvalue weighted by Crippen LogP contribution is -2.48. The van der Waals surface area contributed by atoms with E-state index in [9.17, 15) is 9.59 Å². The summed E-state index contributed by atoms with van der Waals surface area (Å²) in [5, 5.41) is 5.81. The molecule has 8 heteroatoms. The summed E-state index contributed by atoms with van der Waals surface area (Å²) in [5.74, 6) is -0.170. The predicted octanol–water partition coefficient (Wildman–Crippen LogP) is 5.27. The van der Waals surface area contributed by atoms with Gasteiger partial charge in [-0.2, -0.15) is 0 Å².